The molecule has 1 aliphatic carbocycles. The van der Waals surface area contributed by atoms with Crippen LogP contribution in [0, 0.1) is 0 Å². The van der Waals surface area contributed by atoms with Gasteiger partial charge in [0.15, 0.2) is 0 Å². The average molecular weight is 527 g/mol. The molecule has 1 nitrogen and oxygen atoms in total. The van der Waals surface area contributed by atoms with E-state index in [1.165, 1.54) is 103 Å². The van der Waals surface area contributed by atoms with Crippen molar-refractivity contribution in [2.24, 2.45) is 0 Å². The maximum Gasteiger partial charge on any atom is 0.143 e. The molecule has 1 aromatic heterocycles. The van der Waals surface area contributed by atoms with E-state index in [1.807, 2.05) is 0 Å². The smallest absolute Gasteiger partial charge is 0.143 e. The van der Waals surface area contributed by atoms with Crippen LogP contribution in [0.1, 0.15) is 43.6 Å². The summed E-state index contributed by atoms with van der Waals surface area (Å²) < 4.78 is 6.65. The highest BCUT2D eigenvalue weighted by Gasteiger charge is 2.22. The van der Waals surface area contributed by atoms with E-state index in [9.17, 15) is 0 Å². The van der Waals surface area contributed by atoms with Gasteiger partial charge in [0, 0.05) is 26.9 Å². The van der Waals surface area contributed by atoms with Crippen LogP contribution in [0.4, 0.5) is 0 Å². The molecule has 1 heteroatoms. The topological polar surface area (TPSA) is 13.1 Å². The molecule has 0 aliphatic heterocycles. The number of para-hydroxylation sites is 1. The molecule has 0 N–H and O–H groups in total. The molecule has 7 aromatic carbocycles. The first kappa shape index (κ1) is 23.1. The summed E-state index contributed by atoms with van der Waals surface area (Å²) in [5.74, 6) is 0.716. The zero-order valence-electron chi connectivity index (χ0n) is 23.0. The van der Waals surface area contributed by atoms with Crippen molar-refractivity contribution in [1.29, 1.82) is 0 Å². The Balaban J connectivity index is 1.35. The molecular formula is C40H30O. The normalized spacial score (nSPS) is 14.7. The highest BCUT2D eigenvalue weighted by atomic mass is 16.3. The van der Waals surface area contributed by atoms with Crippen LogP contribution in [0.3, 0.4) is 0 Å². The van der Waals surface area contributed by atoms with Gasteiger partial charge in [-0.3, -0.25) is 0 Å². The van der Waals surface area contributed by atoms with Crippen molar-refractivity contribution in [2.45, 2.75) is 38.0 Å². The van der Waals surface area contributed by atoms with E-state index >= 15 is 0 Å². The third-order valence-corrected chi connectivity index (χ3v) is 9.63. The SMILES string of the molecule is c1ccc(-c2ccc3ccc4cccc5c6oc7ccccc7c6c2c3c45)c(-c2ccc(C3CCCCC3)cc2)c1. The highest BCUT2D eigenvalue weighted by Crippen LogP contribution is 2.49. The predicted octanol–water partition coefficient (Wildman–Crippen LogP) is 11.9. The van der Waals surface area contributed by atoms with Gasteiger partial charge in [-0.15, -0.1) is 0 Å². The molecule has 1 saturated carbocycles. The minimum atomic E-state index is 0.716. The van der Waals surface area contributed by atoms with E-state index < -0.39 is 0 Å². The number of rotatable bonds is 3. The Bertz CT molecular complexity index is 2220. The molecule has 1 heterocycles. The minimum absolute atomic E-state index is 0.716. The molecule has 41 heavy (non-hydrogen) atoms. The molecular weight excluding hydrogens is 496 g/mol. The van der Waals surface area contributed by atoms with Gasteiger partial charge >= 0.3 is 0 Å². The monoisotopic (exact) mass is 526 g/mol. The summed E-state index contributed by atoms with van der Waals surface area (Å²) in [6.07, 6.45) is 6.77. The lowest BCUT2D eigenvalue weighted by atomic mass is 9.83. The number of hydrogen-bond acceptors (Lipinski definition) is 1. The molecule has 1 aliphatic rings. The van der Waals surface area contributed by atoms with Gasteiger partial charge in [0.05, 0.1) is 0 Å². The van der Waals surface area contributed by atoms with Crippen molar-refractivity contribution < 1.29 is 4.42 Å². The molecule has 8 aromatic rings. The Morgan fingerprint density at radius 3 is 2.02 bits per heavy atom. The van der Waals surface area contributed by atoms with Crippen LogP contribution in [-0.4, -0.2) is 0 Å². The lowest BCUT2D eigenvalue weighted by Crippen LogP contribution is -2.04. The summed E-state index contributed by atoms with van der Waals surface area (Å²) in [7, 11) is 0. The standard InChI is InChI=1S/C40H30O/c1-2-9-25(10-3-1)26-17-19-27(20-18-26)30-12-4-5-13-31(30)32-24-23-29-22-21-28-11-8-15-34-36(28)37(29)38(32)39-33-14-6-7-16-35(33)41-40(34)39/h4-8,11-25H,1-3,9-10H2. The van der Waals surface area contributed by atoms with Gasteiger partial charge in [-0.1, -0.05) is 128 Å². The predicted molar refractivity (Wildman–Crippen MR) is 174 cm³/mol. The molecule has 0 saturated heterocycles. The lowest BCUT2D eigenvalue weighted by molar-refractivity contribution is 0.443. The van der Waals surface area contributed by atoms with Crippen molar-refractivity contribution >= 4 is 54.3 Å². The Kier molecular flexibility index (Phi) is 5.04. The summed E-state index contributed by atoms with van der Waals surface area (Å²) >= 11 is 0. The van der Waals surface area contributed by atoms with E-state index in [-0.39, 0.29) is 0 Å². The summed E-state index contributed by atoms with van der Waals surface area (Å²) in [4.78, 5) is 0. The Morgan fingerprint density at radius 2 is 1.17 bits per heavy atom. The van der Waals surface area contributed by atoms with Gasteiger partial charge in [0.2, 0.25) is 0 Å². The second-order valence-electron chi connectivity index (χ2n) is 11.9. The van der Waals surface area contributed by atoms with Crippen LogP contribution >= 0.6 is 0 Å². The second kappa shape index (κ2) is 8.94. The van der Waals surface area contributed by atoms with E-state index in [2.05, 4.69) is 115 Å². The van der Waals surface area contributed by atoms with Gasteiger partial charge in [-0.05, 0) is 68.8 Å². The van der Waals surface area contributed by atoms with Crippen molar-refractivity contribution in [3.05, 3.63) is 121 Å². The third kappa shape index (κ3) is 3.42. The Labute approximate surface area is 239 Å². The number of furan rings is 1. The Hall–Kier alpha value is -4.62. The largest absolute Gasteiger partial charge is 0.455 e. The fourth-order valence-electron chi connectivity index (χ4n) is 7.69. The molecule has 9 rings (SSSR count). The molecule has 196 valence electrons. The number of hydrogen-bond donors (Lipinski definition) is 0. The van der Waals surface area contributed by atoms with Crippen LogP contribution in [0.15, 0.2) is 120 Å². The Morgan fingerprint density at radius 1 is 0.463 bits per heavy atom. The summed E-state index contributed by atoms with van der Waals surface area (Å²) in [5, 5.41) is 10.0. The number of fused-ring (bicyclic) bond motifs is 5. The average Bonchev–Trinajstić information content (AvgIpc) is 3.44. The van der Waals surface area contributed by atoms with E-state index in [0.29, 0.717) is 5.92 Å². The molecule has 1 fully saturated rings. The fourth-order valence-corrected chi connectivity index (χ4v) is 7.69. The first-order valence-electron chi connectivity index (χ1n) is 15.1. The van der Waals surface area contributed by atoms with Crippen molar-refractivity contribution in [3.63, 3.8) is 0 Å². The van der Waals surface area contributed by atoms with Crippen LogP contribution in [0.25, 0.3) is 76.5 Å². The molecule has 0 amide bonds. The fraction of sp³-hybridized carbons (Fsp3) is 0.150. The second-order valence-corrected chi connectivity index (χ2v) is 11.9. The molecule has 0 unspecified atom stereocenters. The third-order valence-electron chi connectivity index (χ3n) is 9.63. The summed E-state index contributed by atoms with van der Waals surface area (Å²) in [6, 6.07) is 42.7. The van der Waals surface area contributed by atoms with Gasteiger partial charge in [-0.25, -0.2) is 0 Å². The minimum Gasteiger partial charge on any atom is -0.455 e. The number of benzene rings is 7. The molecule has 0 radical (unpaired) electrons. The van der Waals surface area contributed by atoms with E-state index in [0.717, 1.165) is 11.2 Å². The van der Waals surface area contributed by atoms with Crippen LogP contribution in [0.2, 0.25) is 0 Å². The van der Waals surface area contributed by atoms with Crippen LogP contribution in [0.5, 0.6) is 0 Å². The first-order valence-corrected chi connectivity index (χ1v) is 15.1. The first-order chi connectivity index (χ1) is 20.3. The van der Waals surface area contributed by atoms with Gasteiger partial charge < -0.3 is 4.42 Å². The van der Waals surface area contributed by atoms with Gasteiger partial charge in [-0.2, -0.15) is 0 Å². The van der Waals surface area contributed by atoms with Gasteiger partial charge in [0.25, 0.3) is 0 Å². The van der Waals surface area contributed by atoms with E-state index in [4.69, 9.17) is 4.42 Å². The molecule has 0 bridgehead atoms. The zero-order valence-corrected chi connectivity index (χ0v) is 23.0. The van der Waals surface area contributed by atoms with Crippen LogP contribution < -0.4 is 0 Å². The zero-order chi connectivity index (χ0) is 26.9. The highest BCUT2D eigenvalue weighted by molar-refractivity contribution is 6.39. The van der Waals surface area contributed by atoms with Crippen LogP contribution in [-0.2, 0) is 0 Å². The molecule has 0 spiro atoms. The lowest BCUT2D eigenvalue weighted by Gasteiger charge is -2.22. The van der Waals surface area contributed by atoms with Gasteiger partial charge in [0.1, 0.15) is 11.2 Å². The quantitative estimate of drug-likeness (QED) is 0.209. The van der Waals surface area contributed by atoms with Crippen molar-refractivity contribution in [3.8, 4) is 22.3 Å². The summed E-state index contributed by atoms with van der Waals surface area (Å²) in [5.41, 5.74) is 8.51. The molecule has 0 atom stereocenters. The van der Waals surface area contributed by atoms with Crippen molar-refractivity contribution in [2.75, 3.05) is 0 Å². The maximum atomic E-state index is 6.65. The maximum absolute atomic E-state index is 6.65. The summed E-state index contributed by atoms with van der Waals surface area (Å²) in [6.45, 7) is 0. The van der Waals surface area contributed by atoms with Crippen molar-refractivity contribution in [1.82, 2.24) is 0 Å². The van der Waals surface area contributed by atoms with E-state index in [1.54, 1.807) is 0 Å².